The molecule has 0 bridgehead atoms. The number of aryl methyl sites for hydroxylation is 1. The molecule has 1 N–H and O–H groups in total. The van der Waals surface area contributed by atoms with Gasteiger partial charge < -0.3 is 5.32 Å². The minimum Gasteiger partial charge on any atom is -0.370 e. The molecule has 0 aliphatic heterocycles. The molecule has 0 aliphatic rings. The molecule has 0 unspecified atom stereocenters. The van der Waals surface area contributed by atoms with Crippen LogP contribution < -0.4 is 5.32 Å². The van der Waals surface area contributed by atoms with Crippen molar-refractivity contribution in [1.82, 2.24) is 9.97 Å². The summed E-state index contributed by atoms with van der Waals surface area (Å²) in [6, 6.07) is 8.11. The van der Waals surface area contributed by atoms with Crippen molar-refractivity contribution < 1.29 is 0 Å². The number of hydrogen-bond acceptors (Lipinski definition) is 3. The highest BCUT2D eigenvalue weighted by molar-refractivity contribution is 9.10. The third-order valence-corrected chi connectivity index (χ3v) is 3.83. The maximum Gasteiger partial charge on any atom is 0.161 e. The van der Waals surface area contributed by atoms with Gasteiger partial charge in [-0.2, -0.15) is 0 Å². The lowest BCUT2D eigenvalue weighted by atomic mass is 10.0. The summed E-state index contributed by atoms with van der Waals surface area (Å²) in [5, 5.41) is 3.45. The first-order chi connectivity index (χ1) is 10.0. The fourth-order valence-electron chi connectivity index (χ4n) is 2.41. The summed E-state index contributed by atoms with van der Waals surface area (Å²) < 4.78 is 1.04. The van der Waals surface area contributed by atoms with Gasteiger partial charge in [-0.15, -0.1) is 0 Å². The van der Waals surface area contributed by atoms with E-state index in [1.54, 1.807) is 0 Å². The number of halogens is 1. The first-order valence-corrected chi connectivity index (χ1v) is 8.20. The number of aromatic nitrogens is 2. The monoisotopic (exact) mass is 347 g/mol. The van der Waals surface area contributed by atoms with Gasteiger partial charge in [-0.1, -0.05) is 48.8 Å². The number of nitrogens with one attached hydrogen (secondary N) is 1. The van der Waals surface area contributed by atoms with E-state index >= 15 is 0 Å². The van der Waals surface area contributed by atoms with Crippen LogP contribution in [-0.4, -0.2) is 16.5 Å². The Labute approximate surface area is 135 Å². The van der Waals surface area contributed by atoms with Gasteiger partial charge in [0.25, 0.3) is 0 Å². The molecule has 112 valence electrons. The van der Waals surface area contributed by atoms with E-state index in [4.69, 9.17) is 9.97 Å². The van der Waals surface area contributed by atoms with E-state index in [-0.39, 0.29) is 0 Å². The summed E-state index contributed by atoms with van der Waals surface area (Å²) in [6.07, 6.45) is 1.08. The van der Waals surface area contributed by atoms with Gasteiger partial charge >= 0.3 is 0 Å². The molecule has 0 saturated heterocycles. The molecule has 0 fully saturated rings. The zero-order valence-electron chi connectivity index (χ0n) is 13.1. The Balaban J connectivity index is 2.51. The van der Waals surface area contributed by atoms with Crippen molar-refractivity contribution in [2.24, 2.45) is 0 Å². The average molecular weight is 348 g/mol. The Kier molecular flexibility index (Phi) is 5.34. The molecule has 4 heteroatoms. The first kappa shape index (κ1) is 16.0. The molecule has 1 heterocycles. The van der Waals surface area contributed by atoms with Gasteiger partial charge in [0.2, 0.25) is 0 Å². The average Bonchev–Trinajstić information content (AvgIpc) is 2.44. The number of hydrogen-bond donors (Lipinski definition) is 1. The fourth-order valence-corrected chi connectivity index (χ4v) is 2.81. The van der Waals surface area contributed by atoms with Gasteiger partial charge in [-0.05, 0) is 31.4 Å². The lowest BCUT2D eigenvalue weighted by Crippen LogP contribution is -2.10. The molecule has 0 aliphatic carbocycles. The van der Waals surface area contributed by atoms with Crippen molar-refractivity contribution in [3.63, 3.8) is 0 Å². The molecule has 2 rings (SSSR count). The van der Waals surface area contributed by atoms with Crippen LogP contribution in [0.25, 0.3) is 11.4 Å². The van der Waals surface area contributed by atoms with Crippen LogP contribution in [0, 0.1) is 6.92 Å². The van der Waals surface area contributed by atoms with E-state index < -0.39 is 0 Å². The number of benzene rings is 1. The van der Waals surface area contributed by atoms with E-state index in [2.05, 4.69) is 48.9 Å². The van der Waals surface area contributed by atoms with Crippen LogP contribution in [0.3, 0.4) is 0 Å². The Morgan fingerprint density at radius 3 is 2.62 bits per heavy atom. The highest BCUT2D eigenvalue weighted by Crippen LogP contribution is 2.29. The maximum absolute atomic E-state index is 4.76. The van der Waals surface area contributed by atoms with E-state index in [0.29, 0.717) is 5.92 Å². The molecule has 0 spiro atoms. The third-order valence-electron chi connectivity index (χ3n) is 3.34. The second-order valence-electron chi connectivity index (χ2n) is 5.49. The molecule has 3 nitrogen and oxygen atoms in total. The Hall–Kier alpha value is -1.42. The lowest BCUT2D eigenvalue weighted by Gasteiger charge is -2.17. The molecular weight excluding hydrogens is 326 g/mol. The van der Waals surface area contributed by atoms with Gasteiger partial charge in [0.15, 0.2) is 5.82 Å². The predicted molar refractivity (Wildman–Crippen MR) is 92.8 cm³/mol. The van der Waals surface area contributed by atoms with Crippen LogP contribution in [-0.2, 0) is 0 Å². The zero-order chi connectivity index (χ0) is 15.4. The SMILES string of the molecule is CCCNc1nc(-c2cccc(Br)c2)nc(C)c1C(C)C. The van der Waals surface area contributed by atoms with Crippen molar-refractivity contribution in [1.29, 1.82) is 0 Å². The van der Waals surface area contributed by atoms with E-state index in [9.17, 15) is 0 Å². The maximum atomic E-state index is 4.76. The second kappa shape index (κ2) is 7.03. The summed E-state index contributed by atoms with van der Waals surface area (Å²) in [5.41, 5.74) is 3.29. The Morgan fingerprint density at radius 2 is 2.00 bits per heavy atom. The van der Waals surface area contributed by atoms with Crippen LogP contribution in [0.4, 0.5) is 5.82 Å². The standard InChI is InChI=1S/C17H22BrN3/c1-5-9-19-17-15(11(2)3)12(4)20-16(21-17)13-7-6-8-14(18)10-13/h6-8,10-11H,5,9H2,1-4H3,(H,19,20,21). The molecule has 1 aromatic carbocycles. The second-order valence-corrected chi connectivity index (χ2v) is 6.40. The van der Waals surface area contributed by atoms with Gasteiger partial charge in [-0.3, -0.25) is 0 Å². The highest BCUT2D eigenvalue weighted by atomic mass is 79.9. The molecule has 2 aromatic rings. The van der Waals surface area contributed by atoms with E-state index in [1.165, 1.54) is 5.56 Å². The molecule has 0 amide bonds. The van der Waals surface area contributed by atoms with Crippen LogP contribution in [0.5, 0.6) is 0 Å². The molecule has 0 saturated carbocycles. The quantitative estimate of drug-likeness (QED) is 0.811. The van der Waals surface area contributed by atoms with Gasteiger partial charge in [0.1, 0.15) is 5.82 Å². The summed E-state index contributed by atoms with van der Waals surface area (Å²) in [6.45, 7) is 9.51. The first-order valence-electron chi connectivity index (χ1n) is 7.41. The predicted octanol–water partition coefficient (Wildman–Crippen LogP) is 5.16. The molecule has 0 atom stereocenters. The summed E-state index contributed by atoms with van der Waals surface area (Å²) in [5.74, 6) is 2.15. The number of anilines is 1. The summed E-state index contributed by atoms with van der Waals surface area (Å²) in [7, 11) is 0. The normalized spacial score (nSPS) is 11.0. The van der Waals surface area contributed by atoms with E-state index in [0.717, 1.165) is 40.3 Å². The molecule has 21 heavy (non-hydrogen) atoms. The van der Waals surface area contributed by atoms with E-state index in [1.807, 2.05) is 24.3 Å². The topological polar surface area (TPSA) is 37.8 Å². The zero-order valence-corrected chi connectivity index (χ0v) is 14.7. The van der Waals surface area contributed by atoms with Crippen LogP contribution >= 0.6 is 15.9 Å². The third kappa shape index (κ3) is 3.82. The molecule has 0 radical (unpaired) electrons. The van der Waals surface area contributed by atoms with Gasteiger partial charge in [-0.25, -0.2) is 9.97 Å². The Morgan fingerprint density at radius 1 is 1.24 bits per heavy atom. The van der Waals surface area contributed by atoms with Crippen molar-refractivity contribution in [2.45, 2.75) is 40.0 Å². The Bertz CT molecular complexity index is 623. The summed E-state index contributed by atoms with van der Waals surface area (Å²) in [4.78, 5) is 9.46. The molecule has 1 aromatic heterocycles. The molecular formula is C17H22BrN3. The number of nitrogens with zero attached hydrogens (tertiary/aromatic N) is 2. The smallest absolute Gasteiger partial charge is 0.161 e. The fraction of sp³-hybridized carbons (Fsp3) is 0.412. The van der Waals surface area contributed by atoms with Gasteiger partial charge in [0.05, 0.1) is 0 Å². The largest absolute Gasteiger partial charge is 0.370 e. The van der Waals surface area contributed by atoms with Crippen molar-refractivity contribution in [3.05, 3.63) is 40.0 Å². The van der Waals surface area contributed by atoms with Gasteiger partial charge in [0, 0.05) is 27.8 Å². The lowest BCUT2D eigenvalue weighted by molar-refractivity contribution is 0.826. The van der Waals surface area contributed by atoms with Crippen molar-refractivity contribution in [2.75, 3.05) is 11.9 Å². The number of rotatable bonds is 5. The summed E-state index contributed by atoms with van der Waals surface area (Å²) >= 11 is 3.50. The van der Waals surface area contributed by atoms with Crippen LogP contribution in [0.15, 0.2) is 28.7 Å². The highest BCUT2D eigenvalue weighted by Gasteiger charge is 2.15. The van der Waals surface area contributed by atoms with Crippen LogP contribution in [0.1, 0.15) is 44.4 Å². The van der Waals surface area contributed by atoms with Crippen LogP contribution in [0.2, 0.25) is 0 Å². The minimum atomic E-state index is 0.404. The minimum absolute atomic E-state index is 0.404. The van der Waals surface area contributed by atoms with Crippen molar-refractivity contribution >= 4 is 21.7 Å². The van der Waals surface area contributed by atoms with Crippen molar-refractivity contribution in [3.8, 4) is 11.4 Å².